The summed E-state index contributed by atoms with van der Waals surface area (Å²) in [5, 5.41) is 2.40. The topological polar surface area (TPSA) is 75.4 Å². The van der Waals surface area contributed by atoms with E-state index in [1.807, 2.05) is 11.0 Å². The van der Waals surface area contributed by atoms with Crippen LogP contribution in [0.2, 0.25) is 0 Å². The number of nitrogens with one attached hydrogen (secondary N) is 1. The quantitative estimate of drug-likeness (QED) is 0.824. The van der Waals surface area contributed by atoms with Crippen molar-refractivity contribution >= 4 is 11.8 Å². The van der Waals surface area contributed by atoms with Gasteiger partial charge in [0.05, 0.1) is 6.54 Å². The van der Waals surface area contributed by atoms with Crippen molar-refractivity contribution in [2.75, 3.05) is 19.6 Å². The molecule has 1 aromatic carbocycles. The lowest BCUT2D eigenvalue weighted by Gasteiger charge is -2.29. The fourth-order valence-electron chi connectivity index (χ4n) is 2.14. The van der Waals surface area contributed by atoms with Gasteiger partial charge in [0.2, 0.25) is 5.91 Å². The van der Waals surface area contributed by atoms with Gasteiger partial charge in [-0.25, -0.2) is 0 Å². The predicted octanol–water partition coefficient (Wildman–Crippen LogP) is 0.366. The summed E-state index contributed by atoms with van der Waals surface area (Å²) in [6.45, 7) is 1.88. The maximum absolute atomic E-state index is 11.8. The molecule has 1 aliphatic heterocycles. The van der Waals surface area contributed by atoms with Gasteiger partial charge in [-0.2, -0.15) is 0 Å². The SMILES string of the molecule is NC1CCN(CC(=O)NC(=O)c2ccccc2)CC1. The first-order valence-corrected chi connectivity index (χ1v) is 6.52. The van der Waals surface area contributed by atoms with Crippen LogP contribution in [0.5, 0.6) is 0 Å². The van der Waals surface area contributed by atoms with Gasteiger partial charge in [-0.1, -0.05) is 18.2 Å². The third-order valence-corrected chi connectivity index (χ3v) is 3.29. The largest absolute Gasteiger partial charge is 0.328 e. The molecule has 2 rings (SSSR count). The number of amides is 2. The summed E-state index contributed by atoms with van der Waals surface area (Å²) in [6.07, 6.45) is 1.81. The Morgan fingerprint density at radius 2 is 1.84 bits per heavy atom. The summed E-state index contributed by atoms with van der Waals surface area (Å²) >= 11 is 0. The van der Waals surface area contributed by atoms with Crippen molar-refractivity contribution in [2.24, 2.45) is 5.73 Å². The van der Waals surface area contributed by atoms with Crippen LogP contribution in [-0.4, -0.2) is 42.4 Å². The molecule has 2 amide bonds. The third kappa shape index (κ3) is 4.15. The van der Waals surface area contributed by atoms with Gasteiger partial charge in [0.1, 0.15) is 0 Å². The van der Waals surface area contributed by atoms with Crippen LogP contribution in [0.3, 0.4) is 0 Å². The number of likely N-dealkylation sites (tertiary alicyclic amines) is 1. The van der Waals surface area contributed by atoms with E-state index in [0.717, 1.165) is 25.9 Å². The molecule has 5 nitrogen and oxygen atoms in total. The van der Waals surface area contributed by atoms with Crippen LogP contribution in [0.1, 0.15) is 23.2 Å². The lowest BCUT2D eigenvalue weighted by Crippen LogP contribution is -2.45. The number of rotatable bonds is 3. The van der Waals surface area contributed by atoms with E-state index in [2.05, 4.69) is 5.32 Å². The minimum atomic E-state index is -0.348. The molecule has 0 aromatic heterocycles. The first-order valence-electron chi connectivity index (χ1n) is 6.52. The van der Waals surface area contributed by atoms with E-state index < -0.39 is 0 Å². The Balaban J connectivity index is 1.80. The zero-order chi connectivity index (χ0) is 13.7. The highest BCUT2D eigenvalue weighted by Gasteiger charge is 2.19. The van der Waals surface area contributed by atoms with Crippen molar-refractivity contribution < 1.29 is 9.59 Å². The zero-order valence-corrected chi connectivity index (χ0v) is 10.8. The maximum atomic E-state index is 11.8. The summed E-state index contributed by atoms with van der Waals surface area (Å²) in [6, 6.07) is 8.97. The van der Waals surface area contributed by atoms with Crippen LogP contribution in [0, 0.1) is 0 Å². The van der Waals surface area contributed by atoms with Crippen LogP contribution < -0.4 is 11.1 Å². The Bertz CT molecular complexity index is 439. The van der Waals surface area contributed by atoms with Crippen molar-refractivity contribution in [2.45, 2.75) is 18.9 Å². The Hall–Kier alpha value is -1.72. The van der Waals surface area contributed by atoms with E-state index in [0.29, 0.717) is 5.56 Å². The summed E-state index contributed by atoms with van der Waals surface area (Å²) in [5.41, 5.74) is 6.30. The average molecular weight is 261 g/mol. The van der Waals surface area contributed by atoms with Gasteiger partial charge in [0.25, 0.3) is 5.91 Å². The number of imide groups is 1. The molecule has 1 saturated heterocycles. The first-order chi connectivity index (χ1) is 9.15. The fourth-order valence-corrected chi connectivity index (χ4v) is 2.14. The monoisotopic (exact) mass is 261 g/mol. The number of benzene rings is 1. The standard InChI is InChI=1S/C14H19N3O2/c15-12-6-8-17(9-7-12)10-13(18)16-14(19)11-4-2-1-3-5-11/h1-5,12H,6-10,15H2,(H,16,18,19). The predicted molar refractivity (Wildman–Crippen MR) is 72.6 cm³/mol. The van der Waals surface area contributed by atoms with Gasteiger partial charge in [-0.15, -0.1) is 0 Å². The number of piperidine rings is 1. The third-order valence-electron chi connectivity index (χ3n) is 3.29. The van der Waals surface area contributed by atoms with Crippen molar-refractivity contribution in [3.8, 4) is 0 Å². The Labute approximate surface area is 112 Å². The zero-order valence-electron chi connectivity index (χ0n) is 10.8. The summed E-state index contributed by atoms with van der Waals surface area (Å²) in [4.78, 5) is 25.6. The lowest BCUT2D eigenvalue weighted by atomic mass is 10.1. The van der Waals surface area contributed by atoms with Gasteiger partial charge in [0, 0.05) is 24.7 Å². The highest BCUT2D eigenvalue weighted by atomic mass is 16.2. The normalized spacial score (nSPS) is 17.1. The van der Waals surface area contributed by atoms with Crippen LogP contribution in [-0.2, 0) is 4.79 Å². The van der Waals surface area contributed by atoms with E-state index >= 15 is 0 Å². The van der Waals surface area contributed by atoms with E-state index in [9.17, 15) is 9.59 Å². The number of nitrogens with two attached hydrogens (primary N) is 1. The minimum Gasteiger partial charge on any atom is -0.328 e. The molecule has 0 unspecified atom stereocenters. The molecule has 1 heterocycles. The molecule has 3 N–H and O–H groups in total. The second-order valence-corrected chi connectivity index (χ2v) is 4.86. The average Bonchev–Trinajstić information content (AvgIpc) is 2.42. The van der Waals surface area contributed by atoms with Crippen LogP contribution >= 0.6 is 0 Å². The van der Waals surface area contributed by atoms with Crippen molar-refractivity contribution in [1.29, 1.82) is 0 Å². The Kier molecular flexibility index (Phi) is 4.65. The second-order valence-electron chi connectivity index (χ2n) is 4.86. The smallest absolute Gasteiger partial charge is 0.257 e. The van der Waals surface area contributed by atoms with E-state index in [1.54, 1.807) is 24.3 Å². The molecular formula is C14H19N3O2. The summed E-state index contributed by atoms with van der Waals surface area (Å²) in [7, 11) is 0. The summed E-state index contributed by atoms with van der Waals surface area (Å²) < 4.78 is 0. The molecule has 0 aliphatic carbocycles. The van der Waals surface area contributed by atoms with Crippen molar-refractivity contribution in [3.05, 3.63) is 35.9 Å². The molecule has 0 atom stereocenters. The van der Waals surface area contributed by atoms with Gasteiger partial charge >= 0.3 is 0 Å². The first kappa shape index (κ1) is 13.7. The molecule has 0 radical (unpaired) electrons. The number of carbonyl (C=O) groups excluding carboxylic acids is 2. The Morgan fingerprint density at radius 3 is 2.47 bits per heavy atom. The molecule has 0 spiro atoms. The van der Waals surface area contributed by atoms with Gasteiger partial charge in [0.15, 0.2) is 0 Å². The number of carbonyl (C=O) groups is 2. The highest BCUT2D eigenvalue weighted by molar-refractivity contribution is 6.05. The van der Waals surface area contributed by atoms with Gasteiger partial charge in [-0.05, 0) is 25.0 Å². The van der Waals surface area contributed by atoms with Crippen molar-refractivity contribution in [3.63, 3.8) is 0 Å². The molecule has 5 heteroatoms. The maximum Gasteiger partial charge on any atom is 0.257 e. The second kappa shape index (κ2) is 6.45. The molecule has 1 fully saturated rings. The van der Waals surface area contributed by atoms with Crippen LogP contribution in [0.4, 0.5) is 0 Å². The fraction of sp³-hybridized carbons (Fsp3) is 0.429. The molecule has 1 aromatic rings. The number of hydrogen-bond donors (Lipinski definition) is 2. The highest BCUT2D eigenvalue weighted by Crippen LogP contribution is 2.07. The number of hydrogen-bond acceptors (Lipinski definition) is 4. The van der Waals surface area contributed by atoms with E-state index in [-0.39, 0.29) is 24.4 Å². The Morgan fingerprint density at radius 1 is 1.21 bits per heavy atom. The van der Waals surface area contributed by atoms with Gasteiger partial charge < -0.3 is 5.73 Å². The minimum absolute atomic E-state index is 0.241. The molecule has 1 aliphatic rings. The van der Waals surface area contributed by atoms with E-state index in [4.69, 9.17) is 5.73 Å². The van der Waals surface area contributed by atoms with Crippen LogP contribution in [0.15, 0.2) is 30.3 Å². The lowest BCUT2D eigenvalue weighted by molar-refractivity contribution is -0.121. The van der Waals surface area contributed by atoms with E-state index in [1.165, 1.54) is 0 Å². The molecule has 0 bridgehead atoms. The number of nitrogens with zero attached hydrogens (tertiary/aromatic N) is 1. The molecule has 0 saturated carbocycles. The van der Waals surface area contributed by atoms with Crippen molar-refractivity contribution in [1.82, 2.24) is 10.2 Å². The van der Waals surface area contributed by atoms with Crippen LogP contribution in [0.25, 0.3) is 0 Å². The molecule has 102 valence electrons. The summed E-state index contributed by atoms with van der Waals surface area (Å²) in [5.74, 6) is -0.608. The molecule has 19 heavy (non-hydrogen) atoms. The molecular weight excluding hydrogens is 242 g/mol. The van der Waals surface area contributed by atoms with Gasteiger partial charge in [-0.3, -0.25) is 19.8 Å².